The molecule has 0 fully saturated rings. The fourth-order valence-electron chi connectivity index (χ4n) is 1.95. The molecule has 0 heterocycles. The van der Waals surface area contributed by atoms with Crippen LogP contribution < -0.4 is 10.5 Å². The van der Waals surface area contributed by atoms with E-state index >= 15 is 0 Å². The molecule has 0 saturated heterocycles. The van der Waals surface area contributed by atoms with Gasteiger partial charge in [0.15, 0.2) is 5.75 Å². The van der Waals surface area contributed by atoms with Gasteiger partial charge in [0.25, 0.3) is 0 Å². The molecule has 0 aromatic heterocycles. The van der Waals surface area contributed by atoms with Crippen molar-refractivity contribution >= 4 is 63.6 Å². The smallest absolute Gasteiger partial charge is 0.322 e. The zero-order chi connectivity index (χ0) is 17.0. The summed E-state index contributed by atoms with van der Waals surface area (Å²) in [5.41, 5.74) is 6.74. The predicted octanol–water partition coefficient (Wildman–Crippen LogP) is 3.86. The Balaban J connectivity index is 0.00000288. The molecule has 2 aromatic carbocycles. The van der Waals surface area contributed by atoms with Crippen LogP contribution in [0.4, 0.5) is 0 Å². The topological polar surface area (TPSA) is 81.8 Å². The number of aromatic hydroxyl groups is 1. The van der Waals surface area contributed by atoms with Gasteiger partial charge in [0.05, 0.1) is 14.3 Å². The van der Waals surface area contributed by atoms with Gasteiger partial charge in [-0.05, 0) is 93.6 Å². The summed E-state index contributed by atoms with van der Waals surface area (Å²) in [6.07, 6.45) is 0.401. The summed E-state index contributed by atoms with van der Waals surface area (Å²) in [7, 11) is 1.32. The third-order valence-electron chi connectivity index (χ3n) is 3.07. The lowest BCUT2D eigenvalue weighted by Gasteiger charge is -2.14. The molecule has 3 N–H and O–H groups in total. The molecule has 0 aliphatic heterocycles. The number of carbonyl (C=O) groups excluding carboxylic acids is 1. The van der Waals surface area contributed by atoms with Gasteiger partial charge in [-0.3, -0.25) is 4.79 Å². The SMILES string of the molecule is COC(=O)C(N)Cc1cc(I)c(Oc2ccc(O)cc2)c(I)c1.Cl. The maximum atomic E-state index is 11.4. The molecule has 8 heteroatoms. The summed E-state index contributed by atoms with van der Waals surface area (Å²) < 4.78 is 12.3. The molecular formula is C16H16ClI2NO4. The predicted molar refractivity (Wildman–Crippen MR) is 111 cm³/mol. The van der Waals surface area contributed by atoms with Crippen molar-refractivity contribution in [1.29, 1.82) is 0 Å². The van der Waals surface area contributed by atoms with Crippen molar-refractivity contribution in [3.8, 4) is 17.2 Å². The summed E-state index contributed by atoms with van der Waals surface area (Å²) in [5.74, 6) is 1.12. The third kappa shape index (κ3) is 5.64. The van der Waals surface area contributed by atoms with Crippen LogP contribution in [0.1, 0.15) is 5.56 Å². The Morgan fingerprint density at radius 2 is 1.75 bits per heavy atom. The first kappa shape index (κ1) is 21.3. The Bertz CT molecular complexity index is 687. The van der Waals surface area contributed by atoms with Crippen molar-refractivity contribution in [2.45, 2.75) is 12.5 Å². The highest BCUT2D eigenvalue weighted by Gasteiger charge is 2.17. The number of ether oxygens (including phenoxy) is 2. The quantitative estimate of drug-likeness (QED) is 0.418. The van der Waals surface area contributed by atoms with Gasteiger partial charge in [-0.2, -0.15) is 0 Å². The standard InChI is InChI=1S/C16H15I2NO4.ClH/c1-22-16(21)14(19)8-9-6-12(17)15(13(18)7-9)23-11-4-2-10(20)3-5-11;/h2-7,14,20H,8,19H2,1H3;1H. The molecule has 5 nitrogen and oxygen atoms in total. The van der Waals surface area contributed by atoms with Gasteiger partial charge in [0.1, 0.15) is 17.5 Å². The average Bonchev–Trinajstić information content (AvgIpc) is 2.51. The second kappa shape index (κ2) is 9.64. The number of hydrogen-bond donors (Lipinski definition) is 2. The van der Waals surface area contributed by atoms with Crippen molar-refractivity contribution in [3.63, 3.8) is 0 Å². The monoisotopic (exact) mass is 575 g/mol. The maximum absolute atomic E-state index is 11.4. The highest BCUT2D eigenvalue weighted by molar-refractivity contribution is 14.1. The first-order valence-corrected chi connectivity index (χ1v) is 8.84. The molecule has 0 bridgehead atoms. The lowest BCUT2D eigenvalue weighted by atomic mass is 10.1. The number of phenols is 1. The van der Waals surface area contributed by atoms with E-state index in [0.717, 1.165) is 18.5 Å². The number of rotatable bonds is 5. The molecule has 0 radical (unpaired) electrons. The van der Waals surface area contributed by atoms with Crippen LogP contribution in [0, 0.1) is 7.14 Å². The molecule has 0 spiro atoms. The van der Waals surface area contributed by atoms with Crippen LogP contribution in [-0.2, 0) is 16.0 Å². The maximum Gasteiger partial charge on any atom is 0.322 e. The minimum absolute atomic E-state index is 0. The Hall–Kier alpha value is -0.780. The van der Waals surface area contributed by atoms with E-state index in [0.29, 0.717) is 12.2 Å². The molecule has 0 aliphatic carbocycles. The van der Waals surface area contributed by atoms with E-state index in [4.69, 9.17) is 10.5 Å². The van der Waals surface area contributed by atoms with E-state index in [1.54, 1.807) is 24.3 Å². The van der Waals surface area contributed by atoms with Crippen molar-refractivity contribution in [1.82, 2.24) is 0 Å². The largest absolute Gasteiger partial charge is 0.508 e. The average molecular weight is 576 g/mol. The zero-order valence-corrected chi connectivity index (χ0v) is 17.8. The Kier molecular flexibility index (Phi) is 8.54. The van der Waals surface area contributed by atoms with Gasteiger partial charge < -0.3 is 20.3 Å². The van der Waals surface area contributed by atoms with Gasteiger partial charge >= 0.3 is 5.97 Å². The summed E-state index contributed by atoms with van der Waals surface area (Å²) in [5, 5.41) is 9.31. The lowest BCUT2D eigenvalue weighted by molar-refractivity contribution is -0.142. The Labute approximate surface area is 173 Å². The number of nitrogens with two attached hydrogens (primary N) is 1. The van der Waals surface area contributed by atoms with Crippen molar-refractivity contribution in [3.05, 3.63) is 49.1 Å². The molecule has 130 valence electrons. The molecule has 24 heavy (non-hydrogen) atoms. The fourth-order valence-corrected chi connectivity index (χ4v) is 4.07. The number of carbonyl (C=O) groups is 1. The first-order chi connectivity index (χ1) is 10.9. The molecule has 1 atom stereocenters. The van der Waals surface area contributed by atoms with Gasteiger partial charge in [0.2, 0.25) is 0 Å². The van der Waals surface area contributed by atoms with E-state index in [2.05, 4.69) is 49.9 Å². The molecule has 0 aliphatic rings. The summed E-state index contributed by atoms with van der Waals surface area (Å²) in [4.78, 5) is 11.4. The second-order valence-electron chi connectivity index (χ2n) is 4.82. The highest BCUT2D eigenvalue weighted by Crippen LogP contribution is 2.33. The molecule has 0 saturated carbocycles. The summed E-state index contributed by atoms with van der Waals surface area (Å²) >= 11 is 4.36. The number of halogens is 3. The van der Waals surface area contributed by atoms with E-state index in [-0.39, 0.29) is 18.2 Å². The number of esters is 1. The van der Waals surface area contributed by atoms with Crippen LogP contribution in [0.15, 0.2) is 36.4 Å². The fraction of sp³-hybridized carbons (Fsp3) is 0.188. The summed E-state index contributed by atoms with van der Waals surface area (Å²) in [6, 6.07) is 9.71. The van der Waals surface area contributed by atoms with Gasteiger partial charge in [-0.1, -0.05) is 0 Å². The van der Waals surface area contributed by atoms with Crippen LogP contribution in [0.3, 0.4) is 0 Å². The van der Waals surface area contributed by atoms with E-state index in [1.807, 2.05) is 12.1 Å². The minimum Gasteiger partial charge on any atom is -0.508 e. The van der Waals surface area contributed by atoms with Crippen LogP contribution in [0.5, 0.6) is 17.2 Å². The number of benzene rings is 2. The van der Waals surface area contributed by atoms with Crippen LogP contribution in [0.2, 0.25) is 0 Å². The lowest BCUT2D eigenvalue weighted by Crippen LogP contribution is -2.33. The Morgan fingerprint density at radius 1 is 1.21 bits per heavy atom. The third-order valence-corrected chi connectivity index (χ3v) is 4.68. The van der Waals surface area contributed by atoms with E-state index in [1.165, 1.54) is 7.11 Å². The molecule has 0 amide bonds. The van der Waals surface area contributed by atoms with Crippen LogP contribution in [0.25, 0.3) is 0 Å². The zero-order valence-electron chi connectivity index (χ0n) is 12.7. The van der Waals surface area contributed by atoms with Gasteiger partial charge in [-0.15, -0.1) is 12.4 Å². The van der Waals surface area contributed by atoms with Gasteiger partial charge in [0, 0.05) is 0 Å². The molecule has 2 aromatic rings. The Morgan fingerprint density at radius 3 is 2.25 bits per heavy atom. The van der Waals surface area contributed by atoms with Crippen molar-refractivity contribution < 1.29 is 19.4 Å². The highest BCUT2D eigenvalue weighted by atomic mass is 127. The van der Waals surface area contributed by atoms with Crippen LogP contribution >= 0.6 is 57.6 Å². The van der Waals surface area contributed by atoms with Crippen molar-refractivity contribution in [2.24, 2.45) is 5.73 Å². The molecule has 2 rings (SSSR count). The number of hydrogen-bond acceptors (Lipinski definition) is 5. The van der Waals surface area contributed by atoms with E-state index in [9.17, 15) is 9.90 Å². The molecular weight excluding hydrogens is 559 g/mol. The van der Waals surface area contributed by atoms with Gasteiger partial charge in [-0.25, -0.2) is 0 Å². The normalized spacial score (nSPS) is 11.3. The van der Waals surface area contributed by atoms with Crippen molar-refractivity contribution in [2.75, 3.05) is 7.11 Å². The number of phenolic OH excluding ortho intramolecular Hbond substituents is 1. The minimum atomic E-state index is -0.685. The summed E-state index contributed by atoms with van der Waals surface area (Å²) in [6.45, 7) is 0. The number of methoxy groups -OCH3 is 1. The first-order valence-electron chi connectivity index (χ1n) is 6.69. The molecule has 1 unspecified atom stereocenters. The van der Waals surface area contributed by atoms with Crippen LogP contribution in [-0.4, -0.2) is 24.2 Å². The van der Waals surface area contributed by atoms with E-state index < -0.39 is 12.0 Å². The second-order valence-corrected chi connectivity index (χ2v) is 7.14.